The molecule has 0 aromatic carbocycles. The number of aromatic nitrogens is 1. The van der Waals surface area contributed by atoms with E-state index >= 15 is 0 Å². The zero-order valence-electron chi connectivity index (χ0n) is 11.8. The molecule has 1 aromatic heterocycles. The molecule has 0 saturated carbocycles. The molecule has 1 fully saturated rings. The van der Waals surface area contributed by atoms with Crippen LogP contribution in [0.15, 0.2) is 24.5 Å². The van der Waals surface area contributed by atoms with Gasteiger partial charge in [0, 0.05) is 31.5 Å². The molecule has 1 unspecified atom stereocenters. The van der Waals surface area contributed by atoms with Crippen LogP contribution >= 0.6 is 0 Å². The van der Waals surface area contributed by atoms with Crippen molar-refractivity contribution in [3.8, 4) is 0 Å². The van der Waals surface area contributed by atoms with E-state index in [0.717, 1.165) is 5.56 Å². The predicted molar refractivity (Wildman–Crippen MR) is 76.6 cm³/mol. The van der Waals surface area contributed by atoms with E-state index < -0.39 is 28.1 Å². The standard InChI is InChI=1S/C13H19N3O4S/c1-10(11-4-2-6-14-8-11)15-21(19,20)16-7-3-5-12(9-16)13(17)18/h2,4,6,8,10,12,15H,3,5,7,9H2,1H3,(H,17,18)/t10-,12?/m1/s1. The third kappa shape index (κ3) is 3.99. The van der Waals surface area contributed by atoms with Crippen LogP contribution in [0.1, 0.15) is 31.4 Å². The van der Waals surface area contributed by atoms with Crippen molar-refractivity contribution >= 4 is 16.2 Å². The smallest absolute Gasteiger partial charge is 0.307 e. The van der Waals surface area contributed by atoms with Crippen molar-refractivity contribution in [2.75, 3.05) is 13.1 Å². The van der Waals surface area contributed by atoms with E-state index in [2.05, 4.69) is 9.71 Å². The lowest BCUT2D eigenvalue weighted by Gasteiger charge is -2.30. The Hall–Kier alpha value is -1.51. The highest BCUT2D eigenvalue weighted by molar-refractivity contribution is 7.87. The summed E-state index contributed by atoms with van der Waals surface area (Å²) in [6.45, 7) is 2.09. The maximum atomic E-state index is 12.3. The summed E-state index contributed by atoms with van der Waals surface area (Å²) in [5, 5.41) is 9.03. The minimum Gasteiger partial charge on any atom is -0.481 e. The summed E-state index contributed by atoms with van der Waals surface area (Å²) >= 11 is 0. The monoisotopic (exact) mass is 313 g/mol. The van der Waals surface area contributed by atoms with Crippen molar-refractivity contribution in [3.05, 3.63) is 30.1 Å². The van der Waals surface area contributed by atoms with Crippen molar-refractivity contribution in [2.24, 2.45) is 5.92 Å². The van der Waals surface area contributed by atoms with Gasteiger partial charge in [0.15, 0.2) is 0 Å². The summed E-state index contributed by atoms with van der Waals surface area (Å²) in [4.78, 5) is 15.0. The average Bonchev–Trinajstić information content (AvgIpc) is 2.48. The number of nitrogens with zero attached hydrogens (tertiary/aromatic N) is 2. The number of carboxylic acid groups (broad SMARTS) is 1. The fourth-order valence-electron chi connectivity index (χ4n) is 2.36. The fourth-order valence-corrected chi connectivity index (χ4v) is 3.84. The fraction of sp³-hybridized carbons (Fsp3) is 0.538. The Morgan fingerprint density at radius 1 is 1.57 bits per heavy atom. The van der Waals surface area contributed by atoms with Crippen molar-refractivity contribution in [1.82, 2.24) is 14.0 Å². The summed E-state index contributed by atoms with van der Waals surface area (Å²) < 4.78 is 28.5. The second kappa shape index (κ2) is 6.50. The molecule has 7 nitrogen and oxygen atoms in total. The Labute approximate surface area is 124 Å². The van der Waals surface area contributed by atoms with Crippen LogP contribution in [0.3, 0.4) is 0 Å². The minimum absolute atomic E-state index is 0.0183. The van der Waals surface area contributed by atoms with Gasteiger partial charge in [0.2, 0.25) is 0 Å². The molecule has 0 amide bonds. The molecule has 0 bridgehead atoms. The third-order valence-electron chi connectivity index (χ3n) is 3.58. The Morgan fingerprint density at radius 2 is 2.33 bits per heavy atom. The van der Waals surface area contributed by atoms with E-state index in [-0.39, 0.29) is 6.54 Å². The van der Waals surface area contributed by atoms with E-state index in [1.165, 1.54) is 4.31 Å². The second-order valence-corrected chi connectivity index (χ2v) is 6.87. The molecule has 0 radical (unpaired) electrons. The first kappa shape index (κ1) is 15.9. The molecule has 116 valence electrons. The zero-order chi connectivity index (χ0) is 15.5. The summed E-state index contributed by atoms with van der Waals surface area (Å²) in [5.74, 6) is -1.58. The SMILES string of the molecule is C[C@@H](NS(=O)(=O)N1CCCC(C(=O)O)C1)c1cccnc1. The molecule has 2 rings (SSSR count). The molecule has 0 spiro atoms. The molecule has 1 aliphatic rings. The van der Waals surface area contributed by atoms with Crippen LogP contribution in [0.4, 0.5) is 0 Å². The highest BCUT2D eigenvalue weighted by Gasteiger charge is 2.32. The van der Waals surface area contributed by atoms with Gasteiger partial charge >= 0.3 is 5.97 Å². The minimum atomic E-state index is -3.70. The van der Waals surface area contributed by atoms with Crippen molar-refractivity contribution in [1.29, 1.82) is 0 Å². The molecule has 8 heteroatoms. The summed E-state index contributed by atoms with van der Waals surface area (Å²) in [7, 11) is -3.70. The van der Waals surface area contributed by atoms with E-state index in [1.54, 1.807) is 31.5 Å². The van der Waals surface area contributed by atoms with E-state index in [9.17, 15) is 13.2 Å². The van der Waals surface area contributed by atoms with Gasteiger partial charge in [0.05, 0.1) is 5.92 Å². The van der Waals surface area contributed by atoms with Crippen LogP contribution in [0.5, 0.6) is 0 Å². The third-order valence-corrected chi connectivity index (χ3v) is 5.25. The number of carbonyl (C=O) groups is 1. The van der Waals surface area contributed by atoms with Crippen molar-refractivity contribution in [3.63, 3.8) is 0 Å². The summed E-state index contributed by atoms with van der Waals surface area (Å²) in [5.41, 5.74) is 0.757. The van der Waals surface area contributed by atoms with Gasteiger partial charge in [-0.15, -0.1) is 0 Å². The van der Waals surface area contributed by atoms with Gasteiger partial charge in [-0.2, -0.15) is 17.4 Å². The molecule has 21 heavy (non-hydrogen) atoms. The maximum Gasteiger partial charge on any atom is 0.307 e. The molecule has 2 heterocycles. The van der Waals surface area contributed by atoms with Crippen LogP contribution in [0, 0.1) is 5.92 Å². The summed E-state index contributed by atoms with van der Waals surface area (Å²) in [6, 6.07) is 3.10. The quantitative estimate of drug-likeness (QED) is 0.836. The molecule has 2 N–H and O–H groups in total. The second-order valence-electron chi connectivity index (χ2n) is 5.17. The molecule has 1 saturated heterocycles. The molecular weight excluding hydrogens is 294 g/mol. The lowest BCUT2D eigenvalue weighted by atomic mass is 10.0. The highest BCUT2D eigenvalue weighted by Crippen LogP contribution is 2.20. The molecule has 0 aliphatic carbocycles. The van der Waals surface area contributed by atoms with Gasteiger partial charge in [-0.25, -0.2) is 0 Å². The van der Waals surface area contributed by atoms with Crippen LogP contribution in [0.2, 0.25) is 0 Å². The Kier molecular flexibility index (Phi) is 4.92. The average molecular weight is 313 g/mol. The lowest BCUT2D eigenvalue weighted by molar-refractivity contribution is -0.142. The first-order valence-electron chi connectivity index (χ1n) is 6.80. The largest absolute Gasteiger partial charge is 0.481 e. The van der Waals surface area contributed by atoms with Gasteiger partial charge in [-0.05, 0) is 31.4 Å². The van der Waals surface area contributed by atoms with Crippen LogP contribution in [-0.4, -0.2) is 41.9 Å². The van der Waals surface area contributed by atoms with Crippen molar-refractivity contribution < 1.29 is 18.3 Å². The molecule has 2 atom stereocenters. The molecule has 1 aromatic rings. The summed E-state index contributed by atoms with van der Waals surface area (Å²) in [6.07, 6.45) is 4.29. The van der Waals surface area contributed by atoms with Crippen LogP contribution in [-0.2, 0) is 15.0 Å². The highest BCUT2D eigenvalue weighted by atomic mass is 32.2. The number of pyridine rings is 1. The number of carboxylic acids is 1. The van der Waals surface area contributed by atoms with Crippen LogP contribution in [0.25, 0.3) is 0 Å². The lowest BCUT2D eigenvalue weighted by Crippen LogP contribution is -2.47. The topological polar surface area (TPSA) is 99.6 Å². The predicted octanol–water partition coefficient (Wildman–Crippen LogP) is 0.774. The van der Waals surface area contributed by atoms with Crippen molar-refractivity contribution in [2.45, 2.75) is 25.8 Å². The van der Waals surface area contributed by atoms with Crippen LogP contribution < -0.4 is 4.72 Å². The first-order valence-corrected chi connectivity index (χ1v) is 8.24. The number of nitrogens with one attached hydrogen (secondary N) is 1. The van der Waals surface area contributed by atoms with E-state index in [4.69, 9.17) is 5.11 Å². The van der Waals surface area contributed by atoms with Gasteiger partial charge in [-0.1, -0.05) is 6.07 Å². The van der Waals surface area contributed by atoms with Gasteiger partial charge < -0.3 is 5.11 Å². The van der Waals surface area contributed by atoms with Gasteiger partial charge in [-0.3, -0.25) is 9.78 Å². The van der Waals surface area contributed by atoms with Gasteiger partial charge in [0.25, 0.3) is 10.2 Å². The number of rotatable bonds is 5. The number of piperidine rings is 1. The Morgan fingerprint density at radius 3 is 2.95 bits per heavy atom. The first-order chi connectivity index (χ1) is 9.90. The number of hydrogen-bond donors (Lipinski definition) is 2. The Bertz CT molecular complexity index is 591. The molecule has 1 aliphatic heterocycles. The zero-order valence-corrected chi connectivity index (χ0v) is 12.6. The van der Waals surface area contributed by atoms with E-state index in [1.807, 2.05) is 0 Å². The Balaban J connectivity index is 2.06. The van der Waals surface area contributed by atoms with E-state index in [0.29, 0.717) is 19.4 Å². The number of hydrogen-bond acceptors (Lipinski definition) is 4. The molecular formula is C13H19N3O4S. The number of aliphatic carboxylic acids is 1. The maximum absolute atomic E-state index is 12.3. The van der Waals surface area contributed by atoms with Gasteiger partial charge in [0.1, 0.15) is 0 Å². The normalized spacial score (nSPS) is 21.9.